The summed E-state index contributed by atoms with van der Waals surface area (Å²) in [4.78, 5) is 3.79. The SMILES string of the molecule is C=C(Cl)CN=C(C)N. The van der Waals surface area contributed by atoms with Crippen molar-refractivity contribution in [2.45, 2.75) is 6.92 Å². The maximum Gasteiger partial charge on any atom is 0.0910 e. The van der Waals surface area contributed by atoms with Crippen molar-refractivity contribution >= 4 is 17.4 Å². The number of nitrogens with two attached hydrogens (primary N) is 1. The first-order chi connectivity index (χ1) is 3.63. The quantitative estimate of drug-likeness (QED) is 0.444. The van der Waals surface area contributed by atoms with Crippen LogP contribution in [0.1, 0.15) is 6.92 Å². The highest BCUT2D eigenvalue weighted by atomic mass is 35.5. The first kappa shape index (κ1) is 7.50. The third kappa shape index (κ3) is 5.50. The lowest BCUT2D eigenvalue weighted by Crippen LogP contribution is -2.05. The molecule has 2 nitrogen and oxygen atoms in total. The van der Waals surface area contributed by atoms with Crippen LogP contribution >= 0.6 is 11.6 Å². The molecule has 3 heteroatoms. The average molecular weight is 133 g/mol. The Hall–Kier alpha value is -0.500. The molecule has 2 N–H and O–H groups in total. The molecule has 0 spiro atoms. The number of aliphatic imine (C=N–C) groups is 1. The maximum atomic E-state index is 5.36. The second kappa shape index (κ2) is 3.50. The first-order valence-electron chi connectivity index (χ1n) is 2.22. The van der Waals surface area contributed by atoms with Crippen molar-refractivity contribution in [1.82, 2.24) is 0 Å². The van der Waals surface area contributed by atoms with Gasteiger partial charge in [-0.25, -0.2) is 0 Å². The number of hydrogen-bond donors (Lipinski definition) is 1. The lowest BCUT2D eigenvalue weighted by Gasteiger charge is -1.88. The summed E-state index contributed by atoms with van der Waals surface area (Å²) in [5, 5.41) is 0.509. The predicted molar refractivity (Wildman–Crippen MR) is 37.2 cm³/mol. The van der Waals surface area contributed by atoms with Crippen LogP contribution in [0.5, 0.6) is 0 Å². The van der Waals surface area contributed by atoms with Gasteiger partial charge in [-0.3, -0.25) is 4.99 Å². The Labute approximate surface area is 54.0 Å². The Kier molecular flexibility index (Phi) is 3.28. The summed E-state index contributed by atoms with van der Waals surface area (Å²) < 4.78 is 0. The molecular weight excluding hydrogens is 124 g/mol. The lowest BCUT2D eigenvalue weighted by molar-refractivity contribution is 1.21. The smallest absolute Gasteiger partial charge is 0.0910 e. The minimum absolute atomic E-state index is 0.421. The van der Waals surface area contributed by atoms with Gasteiger partial charge in [0, 0.05) is 5.03 Å². The van der Waals surface area contributed by atoms with Crippen LogP contribution < -0.4 is 5.73 Å². The maximum absolute atomic E-state index is 5.36. The Morgan fingerprint density at radius 1 is 1.88 bits per heavy atom. The zero-order valence-corrected chi connectivity index (χ0v) is 5.57. The third-order valence-corrected chi connectivity index (χ3v) is 0.620. The molecule has 0 amide bonds. The van der Waals surface area contributed by atoms with Gasteiger partial charge in [-0.2, -0.15) is 0 Å². The average Bonchev–Trinajstić information content (AvgIpc) is 1.61. The van der Waals surface area contributed by atoms with Crippen LogP contribution in [0.3, 0.4) is 0 Å². The molecule has 0 saturated heterocycles. The summed E-state index contributed by atoms with van der Waals surface area (Å²) in [5.41, 5.74) is 5.19. The number of amidine groups is 1. The Morgan fingerprint density at radius 3 is 2.50 bits per heavy atom. The summed E-state index contributed by atoms with van der Waals surface area (Å²) in [5.74, 6) is 0.534. The second-order valence-electron chi connectivity index (χ2n) is 1.47. The van der Waals surface area contributed by atoms with Crippen molar-refractivity contribution in [2.24, 2.45) is 10.7 Å². The Balaban J connectivity index is 3.45. The van der Waals surface area contributed by atoms with Crippen molar-refractivity contribution in [2.75, 3.05) is 6.54 Å². The molecule has 0 unspecified atom stereocenters. The van der Waals surface area contributed by atoms with Crippen LogP contribution in [0.15, 0.2) is 16.6 Å². The minimum Gasteiger partial charge on any atom is -0.388 e. The summed E-state index contributed by atoms with van der Waals surface area (Å²) >= 11 is 5.36. The fourth-order valence-electron chi connectivity index (χ4n) is 0.210. The first-order valence-corrected chi connectivity index (χ1v) is 2.60. The Morgan fingerprint density at radius 2 is 2.38 bits per heavy atom. The molecule has 0 saturated carbocycles. The fraction of sp³-hybridized carbons (Fsp3) is 0.400. The lowest BCUT2D eigenvalue weighted by atomic mass is 10.6. The van der Waals surface area contributed by atoms with Crippen molar-refractivity contribution < 1.29 is 0 Å². The molecule has 0 aromatic carbocycles. The van der Waals surface area contributed by atoms with E-state index in [0.717, 1.165) is 0 Å². The van der Waals surface area contributed by atoms with E-state index in [2.05, 4.69) is 11.6 Å². The van der Waals surface area contributed by atoms with E-state index in [4.69, 9.17) is 17.3 Å². The molecule has 0 aliphatic rings. The molecule has 0 radical (unpaired) electrons. The van der Waals surface area contributed by atoms with Gasteiger partial charge < -0.3 is 5.73 Å². The van der Waals surface area contributed by atoms with Crippen LogP contribution in [-0.2, 0) is 0 Å². The summed E-state index contributed by atoms with van der Waals surface area (Å²) in [6, 6.07) is 0. The van der Waals surface area contributed by atoms with Gasteiger partial charge in [-0.15, -0.1) is 0 Å². The van der Waals surface area contributed by atoms with Gasteiger partial charge in [-0.1, -0.05) is 18.2 Å². The third-order valence-electron chi connectivity index (χ3n) is 0.500. The highest BCUT2D eigenvalue weighted by Crippen LogP contribution is 1.94. The van der Waals surface area contributed by atoms with E-state index in [9.17, 15) is 0 Å². The summed E-state index contributed by atoms with van der Waals surface area (Å²) in [6.07, 6.45) is 0. The molecule has 0 aliphatic heterocycles. The van der Waals surface area contributed by atoms with Crippen molar-refractivity contribution in [3.05, 3.63) is 11.6 Å². The molecule has 46 valence electrons. The number of hydrogen-bond acceptors (Lipinski definition) is 1. The number of halogens is 1. The normalized spacial score (nSPS) is 11.5. The van der Waals surface area contributed by atoms with Crippen LogP contribution in [0.25, 0.3) is 0 Å². The summed E-state index contributed by atoms with van der Waals surface area (Å²) in [7, 11) is 0. The monoisotopic (exact) mass is 132 g/mol. The largest absolute Gasteiger partial charge is 0.388 e. The molecule has 0 bridgehead atoms. The van der Waals surface area contributed by atoms with E-state index in [1.807, 2.05) is 0 Å². The van der Waals surface area contributed by atoms with E-state index in [1.165, 1.54) is 0 Å². The minimum atomic E-state index is 0.421. The number of nitrogens with zero attached hydrogens (tertiary/aromatic N) is 1. The highest BCUT2D eigenvalue weighted by Gasteiger charge is 1.82. The number of rotatable bonds is 2. The molecule has 0 fully saturated rings. The van der Waals surface area contributed by atoms with Crippen molar-refractivity contribution in [3.8, 4) is 0 Å². The van der Waals surface area contributed by atoms with Gasteiger partial charge in [-0.05, 0) is 6.92 Å². The van der Waals surface area contributed by atoms with E-state index in [-0.39, 0.29) is 0 Å². The summed E-state index contributed by atoms with van der Waals surface area (Å²) in [6.45, 7) is 5.56. The molecule has 8 heavy (non-hydrogen) atoms. The van der Waals surface area contributed by atoms with E-state index in [0.29, 0.717) is 17.4 Å². The van der Waals surface area contributed by atoms with E-state index in [1.54, 1.807) is 6.92 Å². The second-order valence-corrected chi connectivity index (χ2v) is 2.01. The van der Waals surface area contributed by atoms with Crippen LogP contribution in [0, 0.1) is 0 Å². The molecule has 0 rings (SSSR count). The zero-order valence-electron chi connectivity index (χ0n) is 4.82. The topological polar surface area (TPSA) is 38.4 Å². The van der Waals surface area contributed by atoms with Crippen LogP contribution in [-0.4, -0.2) is 12.4 Å². The fourth-order valence-corrected chi connectivity index (χ4v) is 0.270. The van der Waals surface area contributed by atoms with Crippen molar-refractivity contribution in [3.63, 3.8) is 0 Å². The van der Waals surface area contributed by atoms with Gasteiger partial charge in [0.1, 0.15) is 0 Å². The molecule has 0 aromatic rings. The van der Waals surface area contributed by atoms with Gasteiger partial charge in [0.05, 0.1) is 12.4 Å². The highest BCUT2D eigenvalue weighted by molar-refractivity contribution is 6.29. The molecule has 0 heterocycles. The van der Waals surface area contributed by atoms with E-state index >= 15 is 0 Å². The van der Waals surface area contributed by atoms with Gasteiger partial charge in [0.15, 0.2) is 0 Å². The van der Waals surface area contributed by atoms with E-state index < -0.39 is 0 Å². The van der Waals surface area contributed by atoms with Gasteiger partial charge in [0.25, 0.3) is 0 Å². The molecule has 0 aliphatic carbocycles. The molecule has 0 atom stereocenters. The predicted octanol–water partition coefficient (Wildman–Crippen LogP) is 1.12. The molecule has 0 aromatic heterocycles. The van der Waals surface area contributed by atoms with Gasteiger partial charge >= 0.3 is 0 Å². The Bertz CT molecular complexity index is 114. The zero-order chi connectivity index (χ0) is 6.57. The van der Waals surface area contributed by atoms with Crippen molar-refractivity contribution in [1.29, 1.82) is 0 Å². The van der Waals surface area contributed by atoms with Gasteiger partial charge in [0.2, 0.25) is 0 Å². The van der Waals surface area contributed by atoms with Crippen LogP contribution in [0.4, 0.5) is 0 Å². The molecular formula is C5H9ClN2. The standard InChI is InChI=1S/C5H9ClN2/c1-4(6)3-8-5(2)7/h1,3H2,2H3,(H2,7,8). The van der Waals surface area contributed by atoms with Crippen LogP contribution in [0.2, 0.25) is 0 Å².